The van der Waals surface area contributed by atoms with Crippen molar-refractivity contribution in [3.8, 4) is 5.75 Å². The van der Waals surface area contributed by atoms with E-state index in [-0.39, 0.29) is 5.91 Å². The van der Waals surface area contributed by atoms with Gasteiger partial charge in [0, 0.05) is 25.5 Å². The zero-order chi connectivity index (χ0) is 14.4. The highest BCUT2D eigenvalue weighted by Gasteiger charge is 2.15. The largest absolute Gasteiger partial charge is 0.480 e. The van der Waals surface area contributed by atoms with E-state index in [1.54, 1.807) is 19.4 Å². The van der Waals surface area contributed by atoms with Gasteiger partial charge in [0.25, 0.3) is 5.91 Å². The number of benzene rings is 1. The molecule has 0 radical (unpaired) electrons. The quantitative estimate of drug-likeness (QED) is 0.879. The summed E-state index contributed by atoms with van der Waals surface area (Å²) in [5.74, 6) is 0.519. The molecule has 0 fully saturated rings. The van der Waals surface area contributed by atoms with E-state index in [2.05, 4.69) is 26.2 Å². The predicted octanol–water partition coefficient (Wildman–Crippen LogP) is 2.23. The molecule has 1 aromatic heterocycles. The lowest BCUT2D eigenvalue weighted by Gasteiger charge is -2.15. The lowest BCUT2D eigenvalue weighted by atomic mass is 10.3. The molecular formula is C14H16BrN3O2. The number of para-hydroxylation sites is 1. The first kappa shape index (κ1) is 14.6. The Hall–Kier alpha value is -1.82. The molecule has 1 aromatic carbocycles. The van der Waals surface area contributed by atoms with Gasteiger partial charge in [-0.25, -0.2) is 4.98 Å². The van der Waals surface area contributed by atoms with Crippen molar-refractivity contribution in [2.24, 2.45) is 0 Å². The number of aromatic nitrogens is 2. The number of nitrogens with one attached hydrogen (secondary N) is 1. The van der Waals surface area contributed by atoms with E-state index < -0.39 is 6.10 Å². The summed E-state index contributed by atoms with van der Waals surface area (Å²) >= 11 is 3.39. The Morgan fingerprint density at radius 3 is 3.00 bits per heavy atom. The van der Waals surface area contributed by atoms with Crippen LogP contribution in [-0.2, 0) is 11.3 Å². The highest BCUT2D eigenvalue weighted by Crippen LogP contribution is 2.24. The average Bonchev–Trinajstić information content (AvgIpc) is 2.94. The SMILES string of the molecule is CC(Oc1ccccc1Br)C(=O)NCCn1ccnc1. The van der Waals surface area contributed by atoms with Gasteiger partial charge < -0.3 is 14.6 Å². The van der Waals surface area contributed by atoms with Crippen LogP contribution in [0.1, 0.15) is 6.92 Å². The molecule has 0 bridgehead atoms. The number of hydrogen-bond acceptors (Lipinski definition) is 3. The molecule has 0 aliphatic rings. The minimum absolute atomic E-state index is 0.138. The summed E-state index contributed by atoms with van der Waals surface area (Å²) in [5.41, 5.74) is 0. The minimum atomic E-state index is -0.545. The van der Waals surface area contributed by atoms with Crippen LogP contribution in [0.2, 0.25) is 0 Å². The molecule has 5 nitrogen and oxygen atoms in total. The monoisotopic (exact) mass is 337 g/mol. The molecular weight excluding hydrogens is 322 g/mol. The summed E-state index contributed by atoms with van der Waals surface area (Å²) in [6, 6.07) is 7.45. The minimum Gasteiger partial charge on any atom is -0.480 e. The number of carbonyl (C=O) groups is 1. The van der Waals surface area contributed by atoms with Crippen molar-refractivity contribution in [3.63, 3.8) is 0 Å². The summed E-state index contributed by atoms with van der Waals surface area (Å²) < 4.78 is 8.35. The van der Waals surface area contributed by atoms with E-state index in [0.29, 0.717) is 18.8 Å². The average molecular weight is 338 g/mol. The van der Waals surface area contributed by atoms with Gasteiger partial charge in [0.05, 0.1) is 10.8 Å². The second kappa shape index (κ2) is 7.09. The number of ether oxygens (including phenoxy) is 1. The Kier molecular flexibility index (Phi) is 5.17. The van der Waals surface area contributed by atoms with Crippen molar-refractivity contribution in [3.05, 3.63) is 47.5 Å². The van der Waals surface area contributed by atoms with Gasteiger partial charge in [0.1, 0.15) is 5.75 Å². The zero-order valence-electron chi connectivity index (χ0n) is 11.1. The number of halogens is 1. The number of imidazole rings is 1. The van der Waals surface area contributed by atoms with Gasteiger partial charge in [-0.2, -0.15) is 0 Å². The third kappa shape index (κ3) is 4.09. The van der Waals surface area contributed by atoms with Gasteiger partial charge in [-0.15, -0.1) is 0 Å². The number of carbonyl (C=O) groups excluding carboxylic acids is 1. The number of amides is 1. The van der Waals surface area contributed by atoms with Gasteiger partial charge in [0.2, 0.25) is 0 Å². The van der Waals surface area contributed by atoms with Crippen LogP contribution in [0.15, 0.2) is 47.5 Å². The van der Waals surface area contributed by atoms with Crippen molar-refractivity contribution >= 4 is 21.8 Å². The highest BCUT2D eigenvalue weighted by molar-refractivity contribution is 9.10. The molecule has 20 heavy (non-hydrogen) atoms. The lowest BCUT2D eigenvalue weighted by molar-refractivity contribution is -0.127. The van der Waals surface area contributed by atoms with Crippen LogP contribution in [0.5, 0.6) is 5.75 Å². The fourth-order valence-corrected chi connectivity index (χ4v) is 2.03. The van der Waals surface area contributed by atoms with Gasteiger partial charge in [0.15, 0.2) is 6.10 Å². The van der Waals surface area contributed by atoms with Gasteiger partial charge in [-0.05, 0) is 35.0 Å². The van der Waals surface area contributed by atoms with Gasteiger partial charge >= 0.3 is 0 Å². The van der Waals surface area contributed by atoms with E-state index >= 15 is 0 Å². The number of hydrogen-bond donors (Lipinski definition) is 1. The first-order chi connectivity index (χ1) is 9.66. The molecule has 1 unspecified atom stereocenters. The molecule has 1 heterocycles. The molecule has 0 saturated heterocycles. The fraction of sp³-hybridized carbons (Fsp3) is 0.286. The Morgan fingerprint density at radius 1 is 1.50 bits per heavy atom. The van der Waals surface area contributed by atoms with Crippen LogP contribution in [0, 0.1) is 0 Å². The molecule has 0 aliphatic carbocycles. The summed E-state index contributed by atoms with van der Waals surface area (Å²) in [5, 5.41) is 2.83. The second-order valence-electron chi connectivity index (χ2n) is 4.28. The third-order valence-electron chi connectivity index (χ3n) is 2.74. The smallest absolute Gasteiger partial charge is 0.260 e. The Balaban J connectivity index is 1.79. The summed E-state index contributed by atoms with van der Waals surface area (Å²) in [6.07, 6.45) is 4.73. The Morgan fingerprint density at radius 2 is 2.30 bits per heavy atom. The van der Waals surface area contributed by atoms with Crippen LogP contribution in [-0.4, -0.2) is 28.1 Å². The molecule has 2 rings (SSSR count). The van der Waals surface area contributed by atoms with Crippen molar-refractivity contribution < 1.29 is 9.53 Å². The maximum absolute atomic E-state index is 11.9. The Labute approximate surface area is 126 Å². The number of rotatable bonds is 6. The summed E-state index contributed by atoms with van der Waals surface area (Å²) in [7, 11) is 0. The van der Waals surface area contributed by atoms with Crippen LogP contribution >= 0.6 is 15.9 Å². The van der Waals surface area contributed by atoms with Crippen LogP contribution in [0.3, 0.4) is 0 Å². The maximum atomic E-state index is 11.9. The summed E-state index contributed by atoms with van der Waals surface area (Å²) in [4.78, 5) is 15.9. The van der Waals surface area contributed by atoms with Gasteiger partial charge in [-0.1, -0.05) is 12.1 Å². The van der Waals surface area contributed by atoms with Crippen molar-refractivity contribution in [1.29, 1.82) is 0 Å². The third-order valence-corrected chi connectivity index (χ3v) is 3.39. The second-order valence-corrected chi connectivity index (χ2v) is 5.14. The number of nitrogens with zero attached hydrogens (tertiary/aromatic N) is 2. The molecule has 0 spiro atoms. The molecule has 0 aliphatic heterocycles. The lowest BCUT2D eigenvalue weighted by Crippen LogP contribution is -2.37. The zero-order valence-corrected chi connectivity index (χ0v) is 12.7. The molecule has 6 heteroatoms. The van der Waals surface area contributed by atoms with Gasteiger partial charge in [-0.3, -0.25) is 4.79 Å². The van der Waals surface area contributed by atoms with Crippen molar-refractivity contribution in [1.82, 2.24) is 14.9 Å². The van der Waals surface area contributed by atoms with E-state index in [4.69, 9.17) is 4.74 Å². The van der Waals surface area contributed by atoms with E-state index in [1.165, 1.54) is 0 Å². The van der Waals surface area contributed by atoms with E-state index in [9.17, 15) is 4.79 Å². The molecule has 106 valence electrons. The van der Waals surface area contributed by atoms with Crippen LogP contribution in [0.4, 0.5) is 0 Å². The van der Waals surface area contributed by atoms with Crippen LogP contribution < -0.4 is 10.1 Å². The van der Waals surface area contributed by atoms with E-state index in [1.807, 2.05) is 35.0 Å². The Bertz CT molecular complexity index is 557. The molecule has 1 N–H and O–H groups in total. The first-order valence-electron chi connectivity index (χ1n) is 6.31. The van der Waals surface area contributed by atoms with Crippen LogP contribution in [0.25, 0.3) is 0 Å². The van der Waals surface area contributed by atoms with E-state index in [0.717, 1.165) is 4.47 Å². The first-order valence-corrected chi connectivity index (χ1v) is 7.11. The molecule has 1 amide bonds. The predicted molar refractivity (Wildman–Crippen MR) is 79.5 cm³/mol. The molecule has 1 atom stereocenters. The summed E-state index contributed by atoms with van der Waals surface area (Å²) in [6.45, 7) is 2.96. The fourth-order valence-electron chi connectivity index (χ4n) is 1.66. The van der Waals surface area contributed by atoms with Crippen molar-refractivity contribution in [2.45, 2.75) is 19.6 Å². The molecule has 2 aromatic rings. The normalized spacial score (nSPS) is 11.9. The van der Waals surface area contributed by atoms with Crippen molar-refractivity contribution in [2.75, 3.05) is 6.54 Å². The topological polar surface area (TPSA) is 56.1 Å². The standard InChI is InChI=1S/C14H16BrN3O2/c1-11(20-13-5-3-2-4-12(13)15)14(19)17-7-9-18-8-6-16-10-18/h2-6,8,10-11H,7,9H2,1H3,(H,17,19). The highest BCUT2D eigenvalue weighted by atomic mass is 79.9. The maximum Gasteiger partial charge on any atom is 0.260 e. The molecule has 0 saturated carbocycles.